The van der Waals surface area contributed by atoms with Crippen LogP contribution in [0.15, 0.2) is 0 Å². The summed E-state index contributed by atoms with van der Waals surface area (Å²) in [5, 5.41) is 16.3. The molecule has 0 heterocycles. The van der Waals surface area contributed by atoms with E-state index in [1.165, 1.54) is 6.92 Å². The lowest BCUT2D eigenvalue weighted by Crippen LogP contribution is -2.58. The number of carboxylic acids is 1. The van der Waals surface area contributed by atoms with Crippen LogP contribution in [0.3, 0.4) is 0 Å². The summed E-state index contributed by atoms with van der Waals surface area (Å²) in [5.74, 6) is -4.67. The summed E-state index contributed by atoms with van der Waals surface area (Å²) in [6.07, 6.45) is 1.24. The number of nitrogens with two attached hydrogens (primary N) is 3. The van der Waals surface area contributed by atoms with Crippen LogP contribution >= 0.6 is 0 Å². The monoisotopic (exact) mass is 430 g/mol. The summed E-state index contributed by atoms with van der Waals surface area (Å²) in [7, 11) is 0. The van der Waals surface area contributed by atoms with Gasteiger partial charge in [-0.25, -0.2) is 4.79 Å². The summed E-state index contributed by atoms with van der Waals surface area (Å²) in [4.78, 5) is 59.2. The summed E-state index contributed by atoms with van der Waals surface area (Å²) < 4.78 is 0. The van der Waals surface area contributed by atoms with Gasteiger partial charge in [-0.15, -0.1) is 0 Å². The molecule has 0 aromatic rings. The average Bonchev–Trinajstić information content (AvgIpc) is 2.64. The number of hydrogen-bond acceptors (Lipinski definition) is 7. The zero-order chi connectivity index (χ0) is 23.4. The molecule has 0 aliphatic heterocycles. The van der Waals surface area contributed by atoms with Crippen LogP contribution in [0, 0.1) is 5.92 Å². The molecule has 0 aliphatic rings. The van der Waals surface area contributed by atoms with Crippen LogP contribution in [0.2, 0.25) is 0 Å². The molecule has 0 rings (SSSR count). The first kappa shape index (κ1) is 27.3. The molecule has 4 amide bonds. The molecule has 30 heavy (non-hydrogen) atoms. The van der Waals surface area contributed by atoms with E-state index < -0.39 is 66.1 Å². The highest BCUT2D eigenvalue weighted by Crippen LogP contribution is 2.05. The molecule has 0 aliphatic carbocycles. The van der Waals surface area contributed by atoms with E-state index in [9.17, 15) is 24.0 Å². The van der Waals surface area contributed by atoms with E-state index in [1.807, 2.05) is 0 Å². The minimum atomic E-state index is -1.52. The standard InChI is InChI=1S/C18H34N6O6/c1-9(2)14(17(28)23-12(18(29)30)8-13(21)25)24-15(26)10(3)22-16(27)11(20)6-4-5-7-19/h9-12,14H,4-8,19-20H2,1-3H3,(H2,21,25)(H,22,27)(H,23,28)(H,24,26)(H,29,30). The summed E-state index contributed by atoms with van der Waals surface area (Å²) in [5.41, 5.74) is 16.2. The van der Waals surface area contributed by atoms with Crippen molar-refractivity contribution in [2.45, 2.75) is 70.6 Å². The lowest BCUT2D eigenvalue weighted by atomic mass is 10.0. The molecule has 12 nitrogen and oxygen atoms in total. The third-order valence-electron chi connectivity index (χ3n) is 4.32. The van der Waals surface area contributed by atoms with Gasteiger partial charge >= 0.3 is 5.97 Å². The smallest absolute Gasteiger partial charge is 0.326 e. The molecule has 10 N–H and O–H groups in total. The molecular formula is C18H34N6O6. The fraction of sp³-hybridized carbons (Fsp3) is 0.722. The van der Waals surface area contributed by atoms with Gasteiger partial charge in [0.05, 0.1) is 12.5 Å². The first-order chi connectivity index (χ1) is 13.9. The van der Waals surface area contributed by atoms with Crippen molar-refractivity contribution in [1.82, 2.24) is 16.0 Å². The Bertz CT molecular complexity index is 626. The van der Waals surface area contributed by atoms with Gasteiger partial charge in [0.15, 0.2) is 0 Å². The van der Waals surface area contributed by atoms with E-state index in [4.69, 9.17) is 22.3 Å². The van der Waals surface area contributed by atoms with Crippen molar-refractivity contribution < 1.29 is 29.1 Å². The Balaban J connectivity index is 4.93. The van der Waals surface area contributed by atoms with Crippen molar-refractivity contribution in [2.24, 2.45) is 23.1 Å². The number of carboxylic acid groups (broad SMARTS) is 1. The van der Waals surface area contributed by atoms with Crippen LogP contribution in [0.4, 0.5) is 0 Å². The van der Waals surface area contributed by atoms with E-state index in [2.05, 4.69) is 16.0 Å². The SMILES string of the molecule is CC(NC(=O)C(N)CCCCN)C(=O)NC(C(=O)NC(CC(N)=O)C(=O)O)C(C)C. The Morgan fingerprint density at radius 2 is 1.50 bits per heavy atom. The number of rotatable bonds is 14. The first-order valence-electron chi connectivity index (χ1n) is 9.78. The number of carbonyl (C=O) groups excluding carboxylic acids is 4. The molecule has 0 radical (unpaired) electrons. The number of aliphatic carboxylic acids is 1. The molecule has 172 valence electrons. The van der Waals surface area contributed by atoms with Crippen LogP contribution in [-0.4, -0.2) is 65.4 Å². The van der Waals surface area contributed by atoms with Gasteiger partial charge in [-0.05, 0) is 32.2 Å². The highest BCUT2D eigenvalue weighted by Gasteiger charge is 2.31. The van der Waals surface area contributed by atoms with Gasteiger partial charge in [-0.2, -0.15) is 0 Å². The summed E-state index contributed by atoms with van der Waals surface area (Å²) in [6.45, 7) is 5.21. The predicted molar refractivity (Wildman–Crippen MR) is 109 cm³/mol. The molecule has 0 saturated heterocycles. The van der Waals surface area contributed by atoms with E-state index in [-0.39, 0.29) is 0 Å². The number of nitrogens with one attached hydrogen (secondary N) is 3. The minimum Gasteiger partial charge on any atom is -0.480 e. The van der Waals surface area contributed by atoms with Crippen molar-refractivity contribution in [3.63, 3.8) is 0 Å². The molecule has 0 aromatic carbocycles. The van der Waals surface area contributed by atoms with Gasteiger partial charge in [0.1, 0.15) is 18.1 Å². The van der Waals surface area contributed by atoms with Gasteiger partial charge in [-0.3, -0.25) is 19.2 Å². The maximum Gasteiger partial charge on any atom is 0.326 e. The number of carbonyl (C=O) groups is 5. The molecule has 0 aromatic heterocycles. The maximum atomic E-state index is 12.5. The van der Waals surface area contributed by atoms with Gasteiger partial charge in [0.2, 0.25) is 23.6 Å². The van der Waals surface area contributed by atoms with Crippen molar-refractivity contribution in [1.29, 1.82) is 0 Å². The Kier molecular flexibility index (Phi) is 12.3. The Morgan fingerprint density at radius 1 is 0.900 bits per heavy atom. The number of primary amides is 1. The second kappa shape index (κ2) is 13.5. The number of hydrogen-bond donors (Lipinski definition) is 7. The first-order valence-corrected chi connectivity index (χ1v) is 9.78. The van der Waals surface area contributed by atoms with Gasteiger partial charge in [0, 0.05) is 0 Å². The summed E-state index contributed by atoms with van der Waals surface area (Å²) in [6, 6.07) is -4.38. The molecule has 4 unspecified atom stereocenters. The predicted octanol–water partition coefficient (Wildman–Crippen LogP) is -2.47. The molecular weight excluding hydrogens is 396 g/mol. The van der Waals surface area contributed by atoms with Crippen molar-refractivity contribution in [3.05, 3.63) is 0 Å². The quantitative estimate of drug-likeness (QED) is 0.146. The molecule has 0 spiro atoms. The second-order valence-corrected chi connectivity index (χ2v) is 7.42. The van der Waals surface area contributed by atoms with Gasteiger partial charge in [-0.1, -0.05) is 20.3 Å². The lowest BCUT2D eigenvalue weighted by Gasteiger charge is -2.25. The Hall–Kier alpha value is -2.73. The fourth-order valence-electron chi connectivity index (χ4n) is 2.50. The van der Waals surface area contributed by atoms with E-state index in [0.717, 1.165) is 6.42 Å². The van der Waals surface area contributed by atoms with Crippen LogP contribution in [0.1, 0.15) is 46.5 Å². The number of amides is 4. The molecule has 12 heteroatoms. The topological polar surface area (TPSA) is 220 Å². The second-order valence-electron chi connectivity index (χ2n) is 7.42. The average molecular weight is 431 g/mol. The van der Waals surface area contributed by atoms with E-state index in [1.54, 1.807) is 13.8 Å². The van der Waals surface area contributed by atoms with Crippen LogP contribution in [0.5, 0.6) is 0 Å². The Morgan fingerprint density at radius 3 is 1.97 bits per heavy atom. The van der Waals surface area contributed by atoms with Crippen LogP contribution in [-0.2, 0) is 24.0 Å². The highest BCUT2D eigenvalue weighted by atomic mass is 16.4. The molecule has 0 saturated carbocycles. The number of unbranched alkanes of at least 4 members (excludes halogenated alkanes) is 1. The normalized spacial score (nSPS) is 14.9. The molecule has 0 bridgehead atoms. The van der Waals surface area contributed by atoms with Crippen LogP contribution in [0.25, 0.3) is 0 Å². The Labute approximate surface area is 175 Å². The van der Waals surface area contributed by atoms with E-state index in [0.29, 0.717) is 19.4 Å². The van der Waals surface area contributed by atoms with E-state index >= 15 is 0 Å². The minimum absolute atomic E-state index is 0.404. The molecule has 0 fully saturated rings. The third-order valence-corrected chi connectivity index (χ3v) is 4.32. The van der Waals surface area contributed by atoms with Crippen molar-refractivity contribution in [2.75, 3.05) is 6.54 Å². The van der Waals surface area contributed by atoms with Gasteiger partial charge in [0.25, 0.3) is 0 Å². The molecule has 4 atom stereocenters. The zero-order valence-corrected chi connectivity index (χ0v) is 17.6. The third kappa shape index (κ3) is 10.2. The maximum absolute atomic E-state index is 12.5. The van der Waals surface area contributed by atoms with Crippen molar-refractivity contribution in [3.8, 4) is 0 Å². The van der Waals surface area contributed by atoms with Gasteiger partial charge < -0.3 is 38.3 Å². The summed E-state index contributed by atoms with van der Waals surface area (Å²) >= 11 is 0. The van der Waals surface area contributed by atoms with Crippen molar-refractivity contribution >= 4 is 29.6 Å². The zero-order valence-electron chi connectivity index (χ0n) is 17.6. The lowest BCUT2D eigenvalue weighted by molar-refractivity contribution is -0.144. The largest absolute Gasteiger partial charge is 0.480 e. The highest BCUT2D eigenvalue weighted by molar-refractivity contribution is 5.94. The van der Waals surface area contributed by atoms with Crippen LogP contribution < -0.4 is 33.2 Å². The fourth-order valence-corrected chi connectivity index (χ4v) is 2.50.